The smallest absolute Gasteiger partial charge is 0.335 e. The summed E-state index contributed by atoms with van der Waals surface area (Å²) >= 11 is 0. The molecule has 1 amide bonds. The summed E-state index contributed by atoms with van der Waals surface area (Å²) < 4.78 is 5.55. The molecular weight excluding hydrogens is 284 g/mol. The van der Waals surface area contributed by atoms with Crippen LogP contribution < -0.4 is 5.73 Å². The maximum Gasteiger partial charge on any atom is 0.335 e. The van der Waals surface area contributed by atoms with E-state index in [1.54, 1.807) is 37.3 Å². The first kappa shape index (κ1) is 15.1. The predicted octanol–water partition coefficient (Wildman–Crippen LogP) is 2.35. The topological polar surface area (TPSA) is 117 Å². The first-order valence-electron chi connectivity index (χ1n) is 6.28. The van der Waals surface area contributed by atoms with Gasteiger partial charge >= 0.3 is 5.97 Å². The maximum atomic E-state index is 11.0. The van der Waals surface area contributed by atoms with Gasteiger partial charge in [-0.15, -0.1) is 0 Å². The van der Waals surface area contributed by atoms with Crippen LogP contribution >= 0.6 is 0 Å². The van der Waals surface area contributed by atoms with Crippen LogP contribution in [0.2, 0.25) is 0 Å². The molecule has 2 rings (SSSR count). The number of primary amides is 1. The molecule has 0 aliphatic carbocycles. The molecule has 0 saturated carbocycles. The molecule has 6 nitrogen and oxygen atoms in total. The van der Waals surface area contributed by atoms with Gasteiger partial charge in [0, 0.05) is 11.6 Å². The standard InChI is InChI=1S/C16H12N2O4/c1-9-6-10(16(20)21)2-4-13(9)14-5-3-12(22-14)7-11(8-17)15(18)19/h2-7H,1H3,(H2,18,19)(H,20,21)/b11-7+. The molecule has 0 saturated heterocycles. The van der Waals surface area contributed by atoms with Crippen LogP contribution in [-0.4, -0.2) is 17.0 Å². The molecular formula is C16H12N2O4. The first-order valence-corrected chi connectivity index (χ1v) is 6.28. The summed E-state index contributed by atoms with van der Waals surface area (Å²) in [6.45, 7) is 1.77. The Morgan fingerprint density at radius 3 is 2.59 bits per heavy atom. The van der Waals surface area contributed by atoms with Crippen LogP contribution in [0.5, 0.6) is 0 Å². The molecule has 1 aromatic heterocycles. The van der Waals surface area contributed by atoms with Crippen LogP contribution in [0.4, 0.5) is 0 Å². The summed E-state index contributed by atoms with van der Waals surface area (Å²) in [6, 6.07) is 9.62. The Morgan fingerprint density at radius 2 is 2.05 bits per heavy atom. The molecule has 0 atom stereocenters. The van der Waals surface area contributed by atoms with Crippen molar-refractivity contribution >= 4 is 18.0 Å². The Morgan fingerprint density at radius 1 is 1.32 bits per heavy atom. The summed E-state index contributed by atoms with van der Waals surface area (Å²) in [4.78, 5) is 21.9. The van der Waals surface area contributed by atoms with E-state index in [2.05, 4.69) is 0 Å². The highest BCUT2D eigenvalue weighted by molar-refractivity contribution is 6.00. The maximum absolute atomic E-state index is 11.0. The Hall–Kier alpha value is -3.33. The number of nitriles is 1. The van der Waals surface area contributed by atoms with Gasteiger partial charge in [-0.1, -0.05) is 6.07 Å². The zero-order valence-corrected chi connectivity index (χ0v) is 11.7. The molecule has 1 aromatic carbocycles. The molecule has 6 heteroatoms. The Labute approximate surface area is 126 Å². The van der Waals surface area contributed by atoms with Gasteiger partial charge in [-0.2, -0.15) is 5.26 Å². The van der Waals surface area contributed by atoms with Crippen LogP contribution in [0.15, 0.2) is 40.3 Å². The third-order valence-electron chi connectivity index (χ3n) is 3.04. The third kappa shape index (κ3) is 3.04. The number of benzene rings is 1. The van der Waals surface area contributed by atoms with E-state index in [0.717, 1.165) is 11.1 Å². The van der Waals surface area contributed by atoms with Crippen molar-refractivity contribution in [3.63, 3.8) is 0 Å². The van der Waals surface area contributed by atoms with E-state index in [4.69, 9.17) is 20.5 Å². The Balaban J connectivity index is 2.39. The lowest BCUT2D eigenvalue weighted by Crippen LogP contribution is -2.12. The number of rotatable bonds is 4. The van der Waals surface area contributed by atoms with Crippen molar-refractivity contribution < 1.29 is 19.1 Å². The minimum Gasteiger partial charge on any atom is -0.478 e. The number of aromatic carboxylic acids is 1. The van der Waals surface area contributed by atoms with Crippen molar-refractivity contribution in [3.8, 4) is 17.4 Å². The number of furan rings is 1. The summed E-state index contributed by atoms with van der Waals surface area (Å²) in [5, 5.41) is 17.7. The lowest BCUT2D eigenvalue weighted by molar-refractivity contribution is -0.114. The summed E-state index contributed by atoms with van der Waals surface area (Å²) in [7, 11) is 0. The van der Waals surface area contributed by atoms with Crippen LogP contribution in [0.25, 0.3) is 17.4 Å². The lowest BCUT2D eigenvalue weighted by atomic mass is 10.0. The number of nitrogens with two attached hydrogens (primary N) is 1. The molecule has 1 heterocycles. The molecule has 0 aliphatic rings. The second-order valence-corrected chi connectivity index (χ2v) is 4.57. The molecule has 110 valence electrons. The van der Waals surface area contributed by atoms with Crippen LogP contribution in [0.3, 0.4) is 0 Å². The van der Waals surface area contributed by atoms with Crippen molar-refractivity contribution in [1.29, 1.82) is 5.26 Å². The minimum absolute atomic E-state index is 0.188. The molecule has 2 aromatic rings. The van der Waals surface area contributed by atoms with Gasteiger partial charge in [-0.3, -0.25) is 4.79 Å². The highest BCUT2D eigenvalue weighted by atomic mass is 16.4. The van der Waals surface area contributed by atoms with Crippen LogP contribution in [0.1, 0.15) is 21.7 Å². The van der Waals surface area contributed by atoms with Gasteiger partial charge in [-0.25, -0.2) is 4.79 Å². The average Bonchev–Trinajstić information content (AvgIpc) is 2.92. The highest BCUT2D eigenvalue weighted by Crippen LogP contribution is 2.27. The molecule has 0 bridgehead atoms. The number of hydrogen-bond donors (Lipinski definition) is 2. The predicted molar refractivity (Wildman–Crippen MR) is 78.6 cm³/mol. The average molecular weight is 296 g/mol. The van der Waals surface area contributed by atoms with Crippen LogP contribution in [0, 0.1) is 18.3 Å². The molecule has 0 aliphatic heterocycles. The fourth-order valence-corrected chi connectivity index (χ4v) is 1.95. The van der Waals surface area contributed by atoms with E-state index in [-0.39, 0.29) is 11.1 Å². The summed E-state index contributed by atoms with van der Waals surface area (Å²) in [5.74, 6) is -1.02. The van der Waals surface area contributed by atoms with E-state index < -0.39 is 11.9 Å². The number of carboxylic acids is 1. The zero-order chi connectivity index (χ0) is 16.3. The van der Waals surface area contributed by atoms with Crippen molar-refractivity contribution in [1.82, 2.24) is 0 Å². The van der Waals surface area contributed by atoms with Gasteiger partial charge in [-0.05, 0) is 36.8 Å². The zero-order valence-electron chi connectivity index (χ0n) is 11.7. The molecule has 0 radical (unpaired) electrons. The van der Waals surface area contributed by atoms with Crippen molar-refractivity contribution in [2.24, 2.45) is 5.73 Å². The summed E-state index contributed by atoms with van der Waals surface area (Å²) in [6.07, 6.45) is 1.26. The van der Waals surface area contributed by atoms with Crippen molar-refractivity contribution in [3.05, 3.63) is 52.8 Å². The normalized spacial score (nSPS) is 11.0. The fourth-order valence-electron chi connectivity index (χ4n) is 1.95. The van der Waals surface area contributed by atoms with E-state index in [9.17, 15) is 9.59 Å². The number of amides is 1. The van der Waals surface area contributed by atoms with Crippen molar-refractivity contribution in [2.45, 2.75) is 6.92 Å². The minimum atomic E-state index is -1.00. The molecule has 22 heavy (non-hydrogen) atoms. The van der Waals surface area contributed by atoms with E-state index in [1.165, 1.54) is 12.1 Å². The monoisotopic (exact) mass is 296 g/mol. The quantitative estimate of drug-likeness (QED) is 0.663. The van der Waals surface area contributed by atoms with Gasteiger partial charge in [0.25, 0.3) is 5.91 Å². The van der Waals surface area contributed by atoms with Gasteiger partial charge in [0.2, 0.25) is 0 Å². The Kier molecular flexibility index (Phi) is 4.09. The molecule has 0 unspecified atom stereocenters. The fraction of sp³-hybridized carbons (Fsp3) is 0.0625. The molecule has 0 fully saturated rings. The molecule has 3 N–H and O–H groups in total. The SMILES string of the molecule is Cc1cc(C(=O)O)ccc1-c1ccc(/C=C(\C#N)C(N)=O)o1. The van der Waals surface area contributed by atoms with Gasteiger partial charge < -0.3 is 15.3 Å². The third-order valence-corrected chi connectivity index (χ3v) is 3.04. The van der Waals surface area contributed by atoms with Gasteiger partial charge in [0.1, 0.15) is 23.2 Å². The second kappa shape index (κ2) is 5.97. The van der Waals surface area contributed by atoms with E-state index >= 15 is 0 Å². The molecule has 0 spiro atoms. The van der Waals surface area contributed by atoms with E-state index in [1.807, 2.05) is 0 Å². The van der Waals surface area contributed by atoms with Crippen molar-refractivity contribution in [2.75, 3.05) is 0 Å². The largest absolute Gasteiger partial charge is 0.478 e. The van der Waals surface area contributed by atoms with Gasteiger partial charge in [0.15, 0.2) is 0 Å². The van der Waals surface area contributed by atoms with Crippen LogP contribution in [-0.2, 0) is 4.79 Å². The lowest BCUT2D eigenvalue weighted by Gasteiger charge is -2.03. The highest BCUT2D eigenvalue weighted by Gasteiger charge is 2.11. The number of carbonyl (C=O) groups is 2. The number of aryl methyl sites for hydroxylation is 1. The number of carbonyl (C=O) groups excluding carboxylic acids is 1. The first-order chi connectivity index (χ1) is 10.4. The number of carboxylic acid groups (broad SMARTS) is 1. The second-order valence-electron chi connectivity index (χ2n) is 4.57. The van der Waals surface area contributed by atoms with Gasteiger partial charge in [0.05, 0.1) is 5.56 Å². The Bertz CT molecular complexity index is 825. The number of hydrogen-bond acceptors (Lipinski definition) is 4. The van der Waals surface area contributed by atoms with E-state index in [0.29, 0.717) is 11.5 Å². The number of nitrogens with zero attached hydrogens (tertiary/aromatic N) is 1. The summed E-state index contributed by atoms with van der Waals surface area (Å²) in [5.41, 5.74) is 6.49.